The van der Waals surface area contributed by atoms with Crippen LogP contribution in [0.5, 0.6) is 0 Å². The van der Waals surface area contributed by atoms with E-state index >= 15 is 0 Å². The van der Waals surface area contributed by atoms with Crippen LogP contribution in [0.3, 0.4) is 0 Å². The largest absolute Gasteiger partial charge is 0.383 e. The molecule has 0 fully saturated rings. The molecule has 1 aliphatic rings. The first-order chi connectivity index (χ1) is 10.2. The van der Waals surface area contributed by atoms with E-state index < -0.39 is 0 Å². The number of benzene rings is 2. The third-order valence-corrected chi connectivity index (χ3v) is 4.79. The van der Waals surface area contributed by atoms with Crippen molar-refractivity contribution in [2.75, 3.05) is 12.4 Å². The predicted molar refractivity (Wildman–Crippen MR) is 85.2 cm³/mol. The third-order valence-electron chi connectivity index (χ3n) is 3.75. The first kappa shape index (κ1) is 13.9. The smallest absolute Gasteiger partial charge is 0.306 e. The molecular formula is C16H16N2O2S. The fourth-order valence-electron chi connectivity index (χ4n) is 2.73. The summed E-state index contributed by atoms with van der Waals surface area (Å²) in [6.45, 7) is 0. The Bertz CT molecular complexity index is 701. The van der Waals surface area contributed by atoms with Crippen molar-refractivity contribution in [2.24, 2.45) is 0 Å². The molecule has 0 bridgehead atoms. The summed E-state index contributed by atoms with van der Waals surface area (Å²) < 4.78 is 0. The molecule has 2 aromatic carbocycles. The molecule has 0 heterocycles. The van der Waals surface area contributed by atoms with Crippen molar-refractivity contribution in [3.05, 3.63) is 57.6 Å². The maximum atomic E-state index is 11.3. The van der Waals surface area contributed by atoms with Gasteiger partial charge in [-0.2, -0.15) is 0 Å². The highest BCUT2D eigenvalue weighted by atomic mass is 32.2. The van der Waals surface area contributed by atoms with Crippen molar-refractivity contribution < 1.29 is 4.92 Å². The molecule has 0 aromatic heterocycles. The highest BCUT2D eigenvalue weighted by Gasteiger charge is 2.20. The van der Waals surface area contributed by atoms with E-state index in [2.05, 4.69) is 23.5 Å². The molecule has 0 saturated heterocycles. The van der Waals surface area contributed by atoms with Gasteiger partial charge in [0.1, 0.15) is 5.69 Å². The normalized spacial score (nSPS) is 13.0. The lowest BCUT2D eigenvalue weighted by Crippen LogP contribution is -1.98. The average Bonchev–Trinajstić information content (AvgIpc) is 2.94. The number of anilines is 1. The second kappa shape index (κ2) is 5.77. The van der Waals surface area contributed by atoms with Gasteiger partial charge in [0.25, 0.3) is 0 Å². The summed E-state index contributed by atoms with van der Waals surface area (Å²) in [6.07, 6.45) is 3.47. The molecule has 0 amide bonds. The lowest BCUT2D eigenvalue weighted by Gasteiger charge is -2.08. The summed E-state index contributed by atoms with van der Waals surface area (Å²) in [5, 5.41) is 14.2. The highest BCUT2D eigenvalue weighted by Crippen LogP contribution is 2.40. The number of rotatable bonds is 4. The van der Waals surface area contributed by atoms with Crippen molar-refractivity contribution in [1.82, 2.24) is 0 Å². The Balaban J connectivity index is 1.96. The van der Waals surface area contributed by atoms with Gasteiger partial charge in [-0.25, -0.2) is 0 Å². The van der Waals surface area contributed by atoms with Gasteiger partial charge in [0.05, 0.1) is 9.82 Å². The number of nitro benzene ring substituents is 1. The third kappa shape index (κ3) is 2.74. The zero-order valence-corrected chi connectivity index (χ0v) is 12.6. The molecule has 0 spiro atoms. The van der Waals surface area contributed by atoms with Crippen LogP contribution in [-0.2, 0) is 12.8 Å². The second-order valence-electron chi connectivity index (χ2n) is 5.05. The molecular weight excluding hydrogens is 284 g/mol. The quantitative estimate of drug-likeness (QED) is 0.676. The number of fused-ring (bicyclic) bond motifs is 1. The van der Waals surface area contributed by atoms with Crippen molar-refractivity contribution in [1.29, 1.82) is 0 Å². The van der Waals surface area contributed by atoms with Gasteiger partial charge in [0.2, 0.25) is 0 Å². The van der Waals surface area contributed by atoms with E-state index in [1.165, 1.54) is 29.3 Å². The molecule has 0 saturated carbocycles. The summed E-state index contributed by atoms with van der Waals surface area (Å²) in [5.41, 5.74) is 3.49. The van der Waals surface area contributed by atoms with E-state index in [4.69, 9.17) is 0 Å². The van der Waals surface area contributed by atoms with Gasteiger partial charge in [-0.1, -0.05) is 23.9 Å². The van der Waals surface area contributed by atoms with Gasteiger partial charge in [-0.3, -0.25) is 10.1 Å². The van der Waals surface area contributed by atoms with Crippen molar-refractivity contribution in [2.45, 2.75) is 29.1 Å². The number of nitrogens with zero attached hydrogens (tertiary/aromatic N) is 1. The molecule has 2 aromatic rings. The van der Waals surface area contributed by atoms with Crippen molar-refractivity contribution in [3.8, 4) is 0 Å². The maximum absolute atomic E-state index is 11.3. The van der Waals surface area contributed by atoms with Crippen LogP contribution in [-0.4, -0.2) is 12.0 Å². The van der Waals surface area contributed by atoms with Crippen LogP contribution in [0, 0.1) is 10.1 Å². The van der Waals surface area contributed by atoms with Crippen LogP contribution >= 0.6 is 11.8 Å². The molecule has 21 heavy (non-hydrogen) atoms. The minimum Gasteiger partial charge on any atom is -0.383 e. The Hall–Kier alpha value is -2.01. The van der Waals surface area contributed by atoms with Crippen molar-refractivity contribution in [3.63, 3.8) is 0 Å². The van der Waals surface area contributed by atoms with Crippen LogP contribution < -0.4 is 5.32 Å². The maximum Gasteiger partial charge on any atom is 0.306 e. The number of nitrogens with one attached hydrogen (secondary N) is 1. The number of aryl methyl sites for hydroxylation is 2. The van der Waals surface area contributed by atoms with E-state index in [0.29, 0.717) is 10.6 Å². The SMILES string of the molecule is CNc1cccc(Sc2ccc3c(c2)CCC3)c1[N+](=O)[O-]. The molecule has 4 nitrogen and oxygen atoms in total. The van der Waals surface area contributed by atoms with Gasteiger partial charge in [-0.05, 0) is 54.7 Å². The zero-order valence-electron chi connectivity index (χ0n) is 11.8. The fraction of sp³-hybridized carbons (Fsp3) is 0.250. The number of nitro groups is 1. The Morgan fingerprint density at radius 2 is 2.00 bits per heavy atom. The zero-order chi connectivity index (χ0) is 14.8. The molecule has 0 unspecified atom stereocenters. The molecule has 0 radical (unpaired) electrons. The topological polar surface area (TPSA) is 55.2 Å². The first-order valence-electron chi connectivity index (χ1n) is 6.94. The lowest BCUT2D eigenvalue weighted by atomic mass is 10.1. The molecule has 3 rings (SSSR count). The van der Waals surface area contributed by atoms with Gasteiger partial charge in [0.15, 0.2) is 0 Å². The van der Waals surface area contributed by atoms with Gasteiger partial charge in [-0.15, -0.1) is 0 Å². The van der Waals surface area contributed by atoms with E-state index in [0.717, 1.165) is 17.7 Å². The standard InChI is InChI=1S/C16H16N2O2S/c1-17-14-6-3-7-15(16(14)18(19)20)21-13-9-8-11-4-2-5-12(11)10-13/h3,6-10,17H,2,4-5H2,1H3. The Labute approximate surface area is 127 Å². The lowest BCUT2D eigenvalue weighted by molar-refractivity contribution is -0.386. The van der Waals surface area contributed by atoms with Crippen LogP contribution in [0.4, 0.5) is 11.4 Å². The van der Waals surface area contributed by atoms with Gasteiger partial charge >= 0.3 is 5.69 Å². The Kier molecular flexibility index (Phi) is 3.84. The van der Waals surface area contributed by atoms with E-state index in [1.807, 2.05) is 6.07 Å². The number of hydrogen-bond donors (Lipinski definition) is 1. The highest BCUT2D eigenvalue weighted by molar-refractivity contribution is 7.99. The average molecular weight is 300 g/mol. The molecule has 1 aliphatic carbocycles. The van der Waals surface area contributed by atoms with Gasteiger partial charge < -0.3 is 5.32 Å². The van der Waals surface area contributed by atoms with Crippen LogP contribution in [0.1, 0.15) is 17.5 Å². The van der Waals surface area contributed by atoms with Crippen LogP contribution in [0.25, 0.3) is 0 Å². The van der Waals surface area contributed by atoms with Crippen LogP contribution in [0.15, 0.2) is 46.2 Å². The Morgan fingerprint density at radius 3 is 2.76 bits per heavy atom. The fourth-order valence-corrected chi connectivity index (χ4v) is 3.75. The minimum absolute atomic E-state index is 0.144. The van der Waals surface area contributed by atoms with E-state index in [-0.39, 0.29) is 10.6 Å². The summed E-state index contributed by atoms with van der Waals surface area (Å²) >= 11 is 1.46. The van der Waals surface area contributed by atoms with E-state index in [1.54, 1.807) is 19.2 Å². The minimum atomic E-state index is -0.318. The summed E-state index contributed by atoms with van der Waals surface area (Å²) in [4.78, 5) is 12.7. The molecule has 0 atom stereocenters. The molecule has 0 aliphatic heterocycles. The number of hydrogen-bond acceptors (Lipinski definition) is 4. The van der Waals surface area contributed by atoms with Crippen molar-refractivity contribution >= 4 is 23.1 Å². The predicted octanol–water partition coefficient (Wildman–Crippen LogP) is 4.28. The summed E-state index contributed by atoms with van der Waals surface area (Å²) in [7, 11) is 1.70. The molecule has 5 heteroatoms. The Morgan fingerprint density at radius 1 is 1.19 bits per heavy atom. The first-order valence-corrected chi connectivity index (χ1v) is 7.75. The molecule has 1 N–H and O–H groups in total. The number of para-hydroxylation sites is 1. The summed E-state index contributed by atoms with van der Waals surface area (Å²) in [5.74, 6) is 0. The van der Waals surface area contributed by atoms with E-state index in [9.17, 15) is 10.1 Å². The summed E-state index contributed by atoms with van der Waals surface area (Å²) in [6, 6.07) is 11.8. The molecule has 108 valence electrons. The van der Waals surface area contributed by atoms with Crippen LogP contribution in [0.2, 0.25) is 0 Å². The monoisotopic (exact) mass is 300 g/mol. The second-order valence-corrected chi connectivity index (χ2v) is 6.16. The van der Waals surface area contributed by atoms with Gasteiger partial charge in [0, 0.05) is 11.9 Å².